The van der Waals surface area contributed by atoms with Gasteiger partial charge in [-0.3, -0.25) is 10.1 Å². The van der Waals surface area contributed by atoms with Crippen LogP contribution in [0.5, 0.6) is 0 Å². The molecule has 10 heteroatoms. The van der Waals surface area contributed by atoms with Crippen molar-refractivity contribution < 1.29 is 13.2 Å². The molecule has 5 nitrogen and oxygen atoms in total. The lowest BCUT2D eigenvalue weighted by molar-refractivity contribution is 0.102. The molecule has 1 aromatic heterocycles. The summed E-state index contributed by atoms with van der Waals surface area (Å²) in [6.07, 6.45) is 0. The van der Waals surface area contributed by atoms with Gasteiger partial charge in [-0.25, -0.2) is 13.4 Å². The van der Waals surface area contributed by atoms with Gasteiger partial charge in [0.05, 0.1) is 16.3 Å². The number of anilines is 1. The highest BCUT2D eigenvalue weighted by Crippen LogP contribution is 2.30. The number of carbonyl (C=O) groups excluding carboxylic acids is 1. The molecule has 0 saturated carbocycles. The Bertz CT molecular complexity index is 818. The molecule has 112 valence electrons. The minimum Gasteiger partial charge on any atom is -0.298 e. The average molecular weight is 386 g/mol. The molecule has 2 rings (SSSR count). The Morgan fingerprint density at radius 1 is 1.33 bits per heavy atom. The van der Waals surface area contributed by atoms with E-state index in [9.17, 15) is 13.2 Å². The molecule has 0 spiro atoms. The third-order valence-corrected chi connectivity index (χ3v) is 6.17. The van der Waals surface area contributed by atoms with Crippen molar-refractivity contribution in [1.29, 1.82) is 0 Å². The zero-order chi connectivity index (χ0) is 15.8. The topological polar surface area (TPSA) is 76.1 Å². The van der Waals surface area contributed by atoms with Crippen LogP contribution < -0.4 is 5.32 Å². The van der Waals surface area contributed by atoms with Crippen LogP contribution >= 0.6 is 45.2 Å². The van der Waals surface area contributed by atoms with Gasteiger partial charge in [0.15, 0.2) is 9.34 Å². The standard InChI is InChI=1S/C11H7Cl3N2O3S2/c1-5-10(21(14,18)19)20-11(15-5)16-9(17)7-3-2-6(12)4-8(7)13/h2-4H,1H3,(H,15,16,17). The Morgan fingerprint density at radius 2 is 2.00 bits per heavy atom. The van der Waals surface area contributed by atoms with Gasteiger partial charge in [-0.05, 0) is 25.1 Å². The van der Waals surface area contributed by atoms with Crippen molar-refractivity contribution in [3.05, 3.63) is 39.5 Å². The fraction of sp³-hybridized carbons (Fsp3) is 0.0909. The zero-order valence-electron chi connectivity index (χ0n) is 10.4. The van der Waals surface area contributed by atoms with Crippen molar-refractivity contribution in [2.45, 2.75) is 11.1 Å². The van der Waals surface area contributed by atoms with E-state index < -0.39 is 15.0 Å². The lowest BCUT2D eigenvalue weighted by atomic mass is 10.2. The fourth-order valence-electron chi connectivity index (χ4n) is 1.50. The molecule has 0 saturated heterocycles. The number of nitrogens with zero attached hydrogens (tertiary/aromatic N) is 1. The number of nitrogens with one attached hydrogen (secondary N) is 1. The van der Waals surface area contributed by atoms with E-state index in [0.717, 1.165) is 11.3 Å². The van der Waals surface area contributed by atoms with Gasteiger partial charge < -0.3 is 0 Å². The molecule has 0 aliphatic rings. The number of hydrogen-bond acceptors (Lipinski definition) is 5. The number of amides is 1. The zero-order valence-corrected chi connectivity index (χ0v) is 14.3. The van der Waals surface area contributed by atoms with Crippen LogP contribution in [0.2, 0.25) is 10.0 Å². The summed E-state index contributed by atoms with van der Waals surface area (Å²) in [5, 5.41) is 3.16. The maximum Gasteiger partial charge on any atom is 0.272 e. The summed E-state index contributed by atoms with van der Waals surface area (Å²) in [5.41, 5.74) is 0.414. The molecular weight excluding hydrogens is 379 g/mol. The highest BCUT2D eigenvalue weighted by atomic mass is 35.7. The first-order chi connectivity index (χ1) is 9.68. The SMILES string of the molecule is Cc1nc(NC(=O)c2ccc(Cl)cc2Cl)sc1S(=O)(=O)Cl. The highest BCUT2D eigenvalue weighted by Gasteiger charge is 2.21. The average Bonchev–Trinajstić information content (AvgIpc) is 2.69. The van der Waals surface area contributed by atoms with Gasteiger partial charge in [0, 0.05) is 15.7 Å². The Morgan fingerprint density at radius 3 is 2.52 bits per heavy atom. The highest BCUT2D eigenvalue weighted by molar-refractivity contribution is 8.15. The number of benzene rings is 1. The molecule has 1 heterocycles. The number of rotatable bonds is 3. The van der Waals surface area contributed by atoms with Gasteiger partial charge in [0.1, 0.15) is 0 Å². The monoisotopic (exact) mass is 384 g/mol. The van der Waals surface area contributed by atoms with E-state index in [2.05, 4.69) is 10.3 Å². The molecule has 1 amide bonds. The van der Waals surface area contributed by atoms with Crippen molar-refractivity contribution in [3.8, 4) is 0 Å². The van der Waals surface area contributed by atoms with E-state index in [-0.39, 0.29) is 25.6 Å². The minimum atomic E-state index is -3.89. The first-order valence-electron chi connectivity index (χ1n) is 5.37. The third-order valence-electron chi connectivity index (χ3n) is 2.37. The summed E-state index contributed by atoms with van der Waals surface area (Å²) >= 11 is 12.4. The van der Waals surface area contributed by atoms with Crippen LogP contribution in [0.1, 0.15) is 16.1 Å². The van der Waals surface area contributed by atoms with Crippen LogP contribution in [0.25, 0.3) is 0 Å². The second-order valence-corrected chi connectivity index (χ2v) is 8.51. The Kier molecular flexibility index (Phi) is 4.79. The maximum absolute atomic E-state index is 12.1. The second-order valence-electron chi connectivity index (χ2n) is 3.91. The van der Waals surface area contributed by atoms with Crippen molar-refractivity contribution in [2.75, 3.05) is 5.32 Å². The summed E-state index contributed by atoms with van der Waals surface area (Å²) in [5.74, 6) is -0.524. The summed E-state index contributed by atoms with van der Waals surface area (Å²) in [7, 11) is 1.37. The van der Waals surface area contributed by atoms with Gasteiger partial charge in [-0.15, -0.1) is 0 Å². The van der Waals surface area contributed by atoms with Gasteiger partial charge in [-0.2, -0.15) is 0 Å². The van der Waals surface area contributed by atoms with Gasteiger partial charge in [-0.1, -0.05) is 34.5 Å². The lowest BCUT2D eigenvalue weighted by Gasteiger charge is -2.04. The van der Waals surface area contributed by atoms with Gasteiger partial charge in [0.25, 0.3) is 15.0 Å². The van der Waals surface area contributed by atoms with Crippen LogP contribution in [0.15, 0.2) is 22.4 Å². The van der Waals surface area contributed by atoms with Crippen LogP contribution in [0.3, 0.4) is 0 Å². The van der Waals surface area contributed by atoms with E-state index in [0.29, 0.717) is 5.02 Å². The molecule has 1 N–H and O–H groups in total. The summed E-state index contributed by atoms with van der Waals surface area (Å²) in [6.45, 7) is 1.48. The summed E-state index contributed by atoms with van der Waals surface area (Å²) in [4.78, 5) is 16.0. The summed E-state index contributed by atoms with van der Waals surface area (Å²) in [6, 6.07) is 4.41. The Balaban J connectivity index is 2.28. The maximum atomic E-state index is 12.1. The molecule has 0 bridgehead atoms. The second kappa shape index (κ2) is 6.10. The number of hydrogen-bond donors (Lipinski definition) is 1. The minimum absolute atomic E-state index is 0.110. The Hall–Kier alpha value is -0.860. The molecule has 21 heavy (non-hydrogen) atoms. The molecular formula is C11H7Cl3N2O3S2. The van der Waals surface area contributed by atoms with E-state index in [1.165, 1.54) is 25.1 Å². The van der Waals surface area contributed by atoms with Crippen molar-refractivity contribution in [1.82, 2.24) is 4.98 Å². The van der Waals surface area contributed by atoms with Gasteiger partial charge in [0.2, 0.25) is 0 Å². The molecule has 2 aromatic rings. The number of carbonyl (C=O) groups is 1. The normalized spacial score (nSPS) is 11.4. The van der Waals surface area contributed by atoms with E-state index in [1.54, 1.807) is 0 Å². The molecule has 0 radical (unpaired) electrons. The predicted octanol–water partition coefficient (Wildman–Crippen LogP) is 3.94. The molecule has 0 unspecified atom stereocenters. The van der Waals surface area contributed by atoms with Crippen molar-refractivity contribution in [2.24, 2.45) is 0 Å². The molecule has 0 atom stereocenters. The van der Waals surface area contributed by atoms with E-state index >= 15 is 0 Å². The fourth-order valence-corrected chi connectivity index (χ4v) is 4.34. The number of thiazole rings is 1. The van der Waals surface area contributed by atoms with Crippen LogP contribution in [-0.4, -0.2) is 19.3 Å². The van der Waals surface area contributed by atoms with E-state index in [1.807, 2.05) is 0 Å². The predicted molar refractivity (Wildman–Crippen MR) is 84.3 cm³/mol. The van der Waals surface area contributed by atoms with E-state index in [4.69, 9.17) is 33.9 Å². The molecule has 0 fully saturated rings. The van der Waals surface area contributed by atoms with Gasteiger partial charge >= 0.3 is 0 Å². The largest absolute Gasteiger partial charge is 0.298 e. The van der Waals surface area contributed by atoms with Crippen LogP contribution in [-0.2, 0) is 9.05 Å². The lowest BCUT2D eigenvalue weighted by Crippen LogP contribution is -2.12. The van der Waals surface area contributed by atoms with Crippen molar-refractivity contribution >= 4 is 65.3 Å². The quantitative estimate of drug-likeness (QED) is 0.812. The Labute approximate surface area is 139 Å². The first kappa shape index (κ1) is 16.5. The van der Waals surface area contributed by atoms with Crippen molar-refractivity contribution in [3.63, 3.8) is 0 Å². The number of halogens is 3. The van der Waals surface area contributed by atoms with Crippen LogP contribution in [0.4, 0.5) is 5.13 Å². The third kappa shape index (κ3) is 3.87. The van der Waals surface area contributed by atoms with Crippen LogP contribution in [0, 0.1) is 6.92 Å². The summed E-state index contributed by atoms with van der Waals surface area (Å²) < 4.78 is 22.5. The first-order valence-corrected chi connectivity index (χ1v) is 9.25. The number of aromatic nitrogens is 1. The molecule has 0 aliphatic heterocycles. The smallest absolute Gasteiger partial charge is 0.272 e. The number of aryl methyl sites for hydroxylation is 1. The molecule has 0 aliphatic carbocycles. The molecule has 1 aromatic carbocycles.